The number of rotatable bonds is 14. The van der Waals surface area contributed by atoms with Gasteiger partial charge in [-0.2, -0.15) is 16.5 Å². The molecule has 3 aliphatic heterocycles. The second-order valence-corrected chi connectivity index (χ2v) is 29.2. The van der Waals surface area contributed by atoms with E-state index in [4.69, 9.17) is 83.2 Å². The number of carboxylic acids is 1. The summed E-state index contributed by atoms with van der Waals surface area (Å²) in [6.07, 6.45) is 21.1. The third-order valence-electron chi connectivity index (χ3n) is 15.4. The number of carbonyl (C=O) groups is 2. The van der Waals surface area contributed by atoms with Gasteiger partial charge >= 0.3 is 127 Å². The monoisotopic (exact) mass is 2000 g/mol. The second-order valence-electron chi connectivity index (χ2n) is 24.8. The number of carbonyl (C=O) groups excluding carboxylic acids is 4. The molecule has 13 rings (SSSR count). The molecule has 113 heavy (non-hydrogen) atoms. The summed E-state index contributed by atoms with van der Waals surface area (Å²) in [7, 11) is -1.37. The predicted octanol–water partition coefficient (Wildman–Crippen LogP) is 12.3. The Balaban J connectivity index is 0.000000657. The van der Waals surface area contributed by atoms with Gasteiger partial charge in [0.2, 0.25) is 11.5 Å². The van der Waals surface area contributed by atoms with Gasteiger partial charge in [0.25, 0.3) is 18.0 Å². The van der Waals surface area contributed by atoms with E-state index in [1.807, 2.05) is 126 Å². The van der Waals surface area contributed by atoms with Crippen molar-refractivity contribution in [1.29, 1.82) is 0 Å². The molecule has 45 heteroatoms. The van der Waals surface area contributed by atoms with Gasteiger partial charge in [0, 0.05) is 55.3 Å². The van der Waals surface area contributed by atoms with Crippen molar-refractivity contribution in [2.75, 3.05) is 33.6 Å². The van der Waals surface area contributed by atoms with Crippen LogP contribution in [0.3, 0.4) is 0 Å². The second kappa shape index (κ2) is 50.7. The number of nitrogens with one attached hydrogen (secondary N) is 4. The standard InChI is InChI=1S/C14H18BN3O3.C12H24B2O4.C11H10BrN3O3.C9H6BrN3O3.C8H6BrN3O.C5H3Br2N.C5H8N2O.C2H3O.CO2.CH4.Ag.K.H2O.O/c1-13(2)14(3,4)21-15(20-13)10-5-6-16-11(9-10)18-12-17-7-8-19-12;1-9(2)10(3,4)16-13(15-9)14-17-11(5,6)12(7,8)18-14;1-2-17-10(16)8-6-14-11(18-8)15-9-5-7(12)3-4-13-9;10-5-1-2-11-7(3-5)13-9-12-4-6(16-9)8(14)15;9-6-1-2-10-7(5-6)12-8-11-3-4-13-8;6-4-1-2-8-5(7)3-4;1-2-4-3-7-5(6)8-4;1-2-3;2-1-3;;;;;/h5-9H,1-4H3,(H,16,17,18);1-8H3;3-6H,2H2,1H3,(H,13,14,15);1-4H,(H,14,15)(H,11,12,13);1-5H,(H,10,11,12);1-3H;3H,2H2,1H3,(H2,6,7);1H3;;1H4;;;1H2;/q;;;;;;;-1;;;;+1;;/p-1. The topological polar surface area (TPSA) is 486 Å². The summed E-state index contributed by atoms with van der Waals surface area (Å²) >= 11 is 18.1. The number of aromatic nitrogens is 10. The quantitative estimate of drug-likeness (QED) is 0.0255. The fraction of sp³-hybridized carbons (Fsp3) is 0.353. The molecule has 0 bridgehead atoms. The van der Waals surface area contributed by atoms with E-state index in [1.54, 1.807) is 102 Å². The number of esters is 1. The number of carboxylic acid groups (broad SMARTS) is 1. The van der Waals surface area contributed by atoms with E-state index < -0.39 is 33.1 Å². The Kier molecular flexibility index (Phi) is 46.8. The number of hydrogen-bond acceptors (Lipinski definition) is 34. The fourth-order valence-corrected chi connectivity index (χ4v) is 10.0. The summed E-state index contributed by atoms with van der Waals surface area (Å²) in [6.45, 7) is 29.6. The van der Waals surface area contributed by atoms with Crippen LogP contribution in [0.1, 0.15) is 138 Å². The summed E-state index contributed by atoms with van der Waals surface area (Å²) in [5, 5.41) is 20.1. The third kappa shape index (κ3) is 35.3. The molecule has 0 spiro atoms. The Hall–Kier alpha value is -6.72. The summed E-state index contributed by atoms with van der Waals surface area (Å²) < 4.78 is 78.5. The number of hydrogen-bond donors (Lipinski definition) is 6. The molecular weight excluding hydrogens is 1930 g/mol. The first kappa shape index (κ1) is 104. The van der Waals surface area contributed by atoms with E-state index in [9.17, 15) is 9.59 Å². The van der Waals surface area contributed by atoms with Crippen molar-refractivity contribution < 1.29 is 165 Å². The molecule has 35 nitrogen and oxygen atoms in total. The van der Waals surface area contributed by atoms with Crippen LogP contribution in [0, 0.1) is 0 Å². The van der Waals surface area contributed by atoms with Crippen molar-refractivity contribution in [1.82, 2.24) is 49.8 Å². The zero-order valence-electron chi connectivity index (χ0n) is 63.3. The summed E-state index contributed by atoms with van der Waals surface area (Å²) in [4.78, 5) is 86.4. The average Bonchev–Trinajstić information content (AvgIpc) is 1.60. The van der Waals surface area contributed by atoms with Crippen LogP contribution >= 0.6 is 79.6 Å². The van der Waals surface area contributed by atoms with Crippen LogP contribution < -0.4 is 83.8 Å². The first-order valence-electron chi connectivity index (χ1n) is 32.3. The summed E-state index contributed by atoms with van der Waals surface area (Å²) in [5.74, 6) is 1.34. The van der Waals surface area contributed by atoms with Gasteiger partial charge in [-0.25, -0.2) is 59.4 Å². The molecule has 3 aliphatic rings. The van der Waals surface area contributed by atoms with E-state index in [1.165, 1.54) is 31.9 Å². The van der Waals surface area contributed by atoms with Crippen molar-refractivity contribution in [2.45, 2.75) is 151 Å². The van der Waals surface area contributed by atoms with Crippen LogP contribution in [-0.4, -0.2) is 146 Å². The molecule has 0 amide bonds. The third-order valence-corrected chi connectivity index (χ3v) is 17.8. The van der Waals surface area contributed by atoms with Crippen LogP contribution in [0.2, 0.25) is 0 Å². The molecule has 13 heterocycles. The minimum absolute atomic E-state index is 0. The number of aryl methyl sites for hydroxylation is 1. The molecule has 10 aromatic heterocycles. The van der Waals surface area contributed by atoms with Crippen molar-refractivity contribution in [3.05, 3.63) is 175 Å². The van der Waals surface area contributed by atoms with E-state index in [0.717, 1.165) is 46.3 Å². The molecule has 0 aromatic carbocycles. The van der Waals surface area contributed by atoms with Crippen molar-refractivity contribution >= 4 is 184 Å². The van der Waals surface area contributed by atoms with Crippen molar-refractivity contribution in [3.8, 4) is 0 Å². The number of nitrogens with two attached hydrogens (primary N) is 1. The van der Waals surface area contributed by atoms with Gasteiger partial charge in [0.1, 0.15) is 46.2 Å². The van der Waals surface area contributed by atoms with E-state index in [2.05, 4.69) is 151 Å². The number of pyridine rings is 5. The number of nitrogen functional groups attached to an aromatic ring is 1. The Morgan fingerprint density at radius 1 is 0.522 bits per heavy atom. The van der Waals surface area contributed by atoms with Gasteiger partial charge in [-0.05, 0) is 172 Å². The van der Waals surface area contributed by atoms with Crippen LogP contribution in [0.25, 0.3) is 0 Å². The number of anilines is 9. The zero-order chi connectivity index (χ0) is 82.0. The molecule has 0 atom stereocenters. The van der Waals surface area contributed by atoms with E-state index in [0.29, 0.717) is 35.3 Å². The molecular formula is C68H83AgB3Br5KN15O20-. The maximum absolute atomic E-state index is 11.4. The van der Waals surface area contributed by atoms with E-state index in [-0.39, 0.29) is 140 Å². The number of halogens is 5. The molecule has 3 saturated heterocycles. The normalized spacial score (nSPS) is 14.5. The Labute approximate surface area is 750 Å². The van der Waals surface area contributed by atoms with Gasteiger partial charge in [0.05, 0.1) is 71.2 Å². The van der Waals surface area contributed by atoms with Gasteiger partial charge in [-0.15, -0.1) is 0 Å². The number of oxazole rings is 5. The number of ether oxygens (including phenoxy) is 1. The Morgan fingerprint density at radius 3 is 1.17 bits per heavy atom. The van der Waals surface area contributed by atoms with E-state index >= 15 is 0 Å². The van der Waals surface area contributed by atoms with Crippen LogP contribution in [0.15, 0.2) is 180 Å². The minimum atomic E-state index is -1.16. The number of aromatic carboxylic acids is 1. The van der Waals surface area contributed by atoms with Crippen molar-refractivity contribution in [3.63, 3.8) is 0 Å². The first-order chi connectivity index (χ1) is 51.9. The maximum atomic E-state index is 11.4. The summed E-state index contributed by atoms with van der Waals surface area (Å²) in [5.41, 5.74) is 3.91. The van der Waals surface area contributed by atoms with Crippen molar-refractivity contribution in [2.24, 2.45) is 0 Å². The van der Waals surface area contributed by atoms with Gasteiger partial charge in [-0.3, -0.25) is 27.6 Å². The van der Waals surface area contributed by atoms with Crippen LogP contribution in [0.5, 0.6) is 0 Å². The molecule has 0 aliphatic carbocycles. The first-order valence-corrected chi connectivity index (χ1v) is 36.9. The molecule has 10 aromatic rings. The molecule has 3 fully saturated rings. The zero-order valence-corrected chi connectivity index (χ0v) is 75.9. The Morgan fingerprint density at radius 2 is 0.867 bits per heavy atom. The number of nitrogens with zero attached hydrogens (tertiary/aromatic N) is 10. The van der Waals surface area contributed by atoms with Gasteiger partial charge in [0.15, 0.2) is 0 Å². The van der Waals surface area contributed by atoms with Crippen LogP contribution in [0.4, 0.5) is 53.3 Å². The van der Waals surface area contributed by atoms with Crippen LogP contribution in [-0.2, 0) is 77.8 Å². The van der Waals surface area contributed by atoms with Gasteiger partial charge < -0.3 is 75.9 Å². The molecule has 607 valence electrons. The fourth-order valence-electron chi connectivity index (χ4n) is 7.99. The Bertz CT molecular complexity index is 4400. The molecule has 0 unspecified atom stereocenters. The average molecular weight is 2010 g/mol. The van der Waals surface area contributed by atoms with Gasteiger partial charge in [-0.1, -0.05) is 78.1 Å². The summed E-state index contributed by atoms with van der Waals surface area (Å²) in [6, 6.07) is 19.6. The molecule has 8 N–H and O–H groups in total. The molecule has 0 radical (unpaired) electrons. The molecule has 0 saturated carbocycles. The predicted molar refractivity (Wildman–Crippen MR) is 426 cm³/mol. The SMILES string of the molecule is Brc1ccnc(Br)c1.Brc1ccnc(Nc2ncco2)c1.C.CC1(C)OB(B2OC(C)(C)C(C)(C)O2)OC1(C)C.CC1(C)OB(c2ccnc(Nc3ncco3)c2)OC1(C)C.CCOC(=O)c1cnc(Nc2cc(Br)ccn2)o1.CCc1cnc(N)o1.C[C-]=O.O=C(O)c1cnc(Nc2cc(Br)ccn2)o1.O=C=O.[K+].[OH-].[O]=[Ag].